The number of aromatic hydroxyl groups is 1. The zero-order valence-corrected chi connectivity index (χ0v) is 15.6. The molecule has 3 nitrogen and oxygen atoms in total. The van der Waals surface area contributed by atoms with Crippen LogP contribution in [0.25, 0.3) is 0 Å². The van der Waals surface area contributed by atoms with Gasteiger partial charge in [0.2, 0.25) is 0 Å². The van der Waals surface area contributed by atoms with E-state index in [2.05, 4.69) is 52.0 Å². The van der Waals surface area contributed by atoms with Crippen LogP contribution in [0.3, 0.4) is 0 Å². The quantitative estimate of drug-likeness (QED) is 0.780. The van der Waals surface area contributed by atoms with Gasteiger partial charge in [-0.3, -0.25) is 4.90 Å². The van der Waals surface area contributed by atoms with E-state index in [1.165, 1.54) is 11.1 Å². The topological polar surface area (TPSA) is 32.7 Å². The number of phenols is 1. The summed E-state index contributed by atoms with van der Waals surface area (Å²) in [6.07, 6.45) is 2.59. The Labute approximate surface area is 152 Å². The number of aryl methyl sites for hydroxylation is 1. The fraction of sp³-hybridized carbons (Fsp3) is 0.400. The molecule has 1 heterocycles. The largest absolute Gasteiger partial charge is 0.508 e. The van der Waals surface area contributed by atoms with Crippen molar-refractivity contribution in [3.8, 4) is 5.75 Å². The fourth-order valence-electron chi connectivity index (χ4n) is 3.20. The fourth-order valence-corrected chi connectivity index (χ4v) is 3.81. The zero-order chi connectivity index (χ0) is 16.9. The molecule has 1 N–H and O–H groups in total. The molecule has 0 aliphatic carbocycles. The molecule has 128 valence electrons. The van der Waals surface area contributed by atoms with Crippen molar-refractivity contribution < 1.29 is 9.84 Å². The third-order valence-corrected chi connectivity index (χ3v) is 5.14. The minimum absolute atomic E-state index is 0.312. The summed E-state index contributed by atoms with van der Waals surface area (Å²) in [5, 5.41) is 9.72. The molecule has 0 amide bonds. The lowest BCUT2D eigenvalue weighted by atomic mass is 10.1. The normalized spacial score (nSPS) is 17.5. The van der Waals surface area contributed by atoms with Crippen LogP contribution >= 0.6 is 15.9 Å². The van der Waals surface area contributed by atoms with E-state index in [1.807, 2.05) is 12.1 Å². The van der Waals surface area contributed by atoms with Gasteiger partial charge in [-0.15, -0.1) is 0 Å². The van der Waals surface area contributed by atoms with Crippen molar-refractivity contribution in [3.63, 3.8) is 0 Å². The average Bonchev–Trinajstić information content (AvgIpc) is 3.03. The van der Waals surface area contributed by atoms with E-state index in [4.69, 9.17) is 4.74 Å². The van der Waals surface area contributed by atoms with Crippen molar-refractivity contribution in [2.75, 3.05) is 13.2 Å². The van der Waals surface area contributed by atoms with Crippen molar-refractivity contribution in [3.05, 3.63) is 63.6 Å². The van der Waals surface area contributed by atoms with Gasteiger partial charge in [0.25, 0.3) is 0 Å². The first-order valence-corrected chi connectivity index (χ1v) is 9.26. The maximum Gasteiger partial charge on any atom is 0.115 e. The summed E-state index contributed by atoms with van der Waals surface area (Å²) >= 11 is 3.69. The standard InChI is InChI=1S/C20H24BrNO2/c1-15-7-8-17(20(21)10-15)13-22(14-19-6-3-9-24-19)12-16-4-2-5-18(23)11-16/h2,4-5,7-8,10-11,19,23H,3,6,9,12-14H2,1H3. The molecular weight excluding hydrogens is 366 g/mol. The molecule has 0 bridgehead atoms. The predicted molar refractivity (Wildman–Crippen MR) is 100 cm³/mol. The molecule has 0 spiro atoms. The summed E-state index contributed by atoms with van der Waals surface area (Å²) in [7, 11) is 0. The second-order valence-electron chi connectivity index (χ2n) is 6.57. The Kier molecular flexibility index (Phi) is 5.93. The van der Waals surface area contributed by atoms with Gasteiger partial charge >= 0.3 is 0 Å². The Morgan fingerprint density at radius 3 is 2.79 bits per heavy atom. The van der Waals surface area contributed by atoms with Gasteiger partial charge in [-0.2, -0.15) is 0 Å². The van der Waals surface area contributed by atoms with E-state index < -0.39 is 0 Å². The smallest absolute Gasteiger partial charge is 0.115 e. The molecule has 1 atom stereocenters. The van der Waals surface area contributed by atoms with Crippen molar-refractivity contribution >= 4 is 15.9 Å². The molecule has 2 aromatic rings. The van der Waals surface area contributed by atoms with Crippen LogP contribution in [0.4, 0.5) is 0 Å². The van der Waals surface area contributed by atoms with E-state index in [9.17, 15) is 5.11 Å². The lowest BCUT2D eigenvalue weighted by Crippen LogP contribution is -2.31. The van der Waals surface area contributed by atoms with Gasteiger partial charge in [0.1, 0.15) is 5.75 Å². The van der Waals surface area contributed by atoms with Crippen LogP contribution in [-0.4, -0.2) is 29.3 Å². The highest BCUT2D eigenvalue weighted by Crippen LogP contribution is 2.23. The molecule has 1 unspecified atom stereocenters. The predicted octanol–water partition coefficient (Wildman–Crippen LogP) is 4.64. The number of hydrogen-bond acceptors (Lipinski definition) is 3. The Hall–Kier alpha value is -1.36. The van der Waals surface area contributed by atoms with Gasteiger partial charge in [0.15, 0.2) is 0 Å². The van der Waals surface area contributed by atoms with Crippen LogP contribution in [0, 0.1) is 6.92 Å². The SMILES string of the molecule is Cc1ccc(CN(Cc2cccc(O)c2)CC2CCCO2)c(Br)c1. The first kappa shape index (κ1) is 17.5. The Bertz CT molecular complexity index is 683. The first-order chi connectivity index (χ1) is 11.6. The number of nitrogens with zero attached hydrogens (tertiary/aromatic N) is 1. The van der Waals surface area contributed by atoms with Gasteiger partial charge in [0, 0.05) is 30.7 Å². The Balaban J connectivity index is 1.75. The molecule has 2 aromatic carbocycles. The lowest BCUT2D eigenvalue weighted by molar-refractivity contribution is 0.0678. The molecule has 1 aliphatic rings. The van der Waals surface area contributed by atoms with Crippen LogP contribution in [0.5, 0.6) is 5.75 Å². The maximum atomic E-state index is 9.72. The molecule has 24 heavy (non-hydrogen) atoms. The highest BCUT2D eigenvalue weighted by atomic mass is 79.9. The van der Waals surface area contributed by atoms with Gasteiger partial charge in [0.05, 0.1) is 6.10 Å². The number of phenolic OH excluding ortho intramolecular Hbond substituents is 1. The van der Waals surface area contributed by atoms with Gasteiger partial charge in [-0.1, -0.05) is 40.2 Å². The molecule has 1 fully saturated rings. The second kappa shape index (κ2) is 8.15. The summed E-state index contributed by atoms with van der Waals surface area (Å²) in [5.41, 5.74) is 3.65. The number of rotatable bonds is 6. The third-order valence-electron chi connectivity index (χ3n) is 4.41. The Morgan fingerprint density at radius 1 is 1.21 bits per heavy atom. The molecule has 0 radical (unpaired) electrons. The van der Waals surface area contributed by atoms with E-state index in [1.54, 1.807) is 6.07 Å². The summed E-state index contributed by atoms with van der Waals surface area (Å²) in [6, 6.07) is 14.0. The monoisotopic (exact) mass is 389 g/mol. The van der Waals surface area contributed by atoms with Crippen molar-refractivity contribution in [1.82, 2.24) is 4.90 Å². The van der Waals surface area contributed by atoms with Crippen molar-refractivity contribution in [2.24, 2.45) is 0 Å². The summed E-state index contributed by atoms with van der Waals surface area (Å²) in [6.45, 7) is 5.55. The molecule has 3 rings (SSSR count). The van der Waals surface area contributed by atoms with E-state index >= 15 is 0 Å². The van der Waals surface area contributed by atoms with E-state index in [-0.39, 0.29) is 0 Å². The summed E-state index contributed by atoms with van der Waals surface area (Å²) < 4.78 is 6.98. The number of halogens is 1. The molecule has 0 aromatic heterocycles. The molecule has 1 aliphatic heterocycles. The minimum atomic E-state index is 0.312. The highest BCUT2D eigenvalue weighted by molar-refractivity contribution is 9.10. The third kappa shape index (κ3) is 4.82. The average molecular weight is 390 g/mol. The number of ether oxygens (including phenoxy) is 1. The van der Waals surface area contributed by atoms with E-state index in [0.29, 0.717) is 11.9 Å². The van der Waals surface area contributed by atoms with Crippen LogP contribution in [-0.2, 0) is 17.8 Å². The number of benzene rings is 2. The summed E-state index contributed by atoms with van der Waals surface area (Å²) in [5.74, 6) is 0.320. The van der Waals surface area contributed by atoms with Crippen molar-refractivity contribution in [2.45, 2.75) is 39.0 Å². The highest BCUT2D eigenvalue weighted by Gasteiger charge is 2.20. The van der Waals surface area contributed by atoms with Crippen LogP contribution in [0.15, 0.2) is 46.9 Å². The molecule has 1 saturated heterocycles. The molecular formula is C20H24BrNO2. The van der Waals surface area contributed by atoms with Crippen LogP contribution < -0.4 is 0 Å². The minimum Gasteiger partial charge on any atom is -0.508 e. The van der Waals surface area contributed by atoms with E-state index in [0.717, 1.165) is 49.1 Å². The van der Waals surface area contributed by atoms with Crippen molar-refractivity contribution in [1.29, 1.82) is 0 Å². The summed E-state index contributed by atoms with van der Waals surface area (Å²) in [4.78, 5) is 2.40. The molecule has 4 heteroatoms. The Morgan fingerprint density at radius 2 is 2.08 bits per heavy atom. The maximum absolute atomic E-state index is 9.72. The zero-order valence-electron chi connectivity index (χ0n) is 14.0. The van der Waals surface area contributed by atoms with Gasteiger partial charge in [-0.25, -0.2) is 0 Å². The molecule has 0 saturated carbocycles. The van der Waals surface area contributed by atoms with Gasteiger partial charge < -0.3 is 9.84 Å². The second-order valence-corrected chi connectivity index (χ2v) is 7.42. The van der Waals surface area contributed by atoms with Crippen LogP contribution in [0.2, 0.25) is 0 Å². The lowest BCUT2D eigenvalue weighted by Gasteiger charge is -2.26. The van der Waals surface area contributed by atoms with Gasteiger partial charge in [-0.05, 0) is 54.7 Å². The number of hydrogen-bond donors (Lipinski definition) is 1. The van der Waals surface area contributed by atoms with Crippen LogP contribution in [0.1, 0.15) is 29.5 Å². The first-order valence-electron chi connectivity index (χ1n) is 8.47.